The molecule has 0 aliphatic rings. The van der Waals surface area contributed by atoms with Crippen LogP contribution in [0.25, 0.3) is 11.0 Å². The van der Waals surface area contributed by atoms with E-state index >= 15 is 0 Å². The third-order valence-electron chi connectivity index (χ3n) is 2.65. The molecule has 0 aliphatic heterocycles. The summed E-state index contributed by atoms with van der Waals surface area (Å²) in [5, 5.41) is 0. The van der Waals surface area contributed by atoms with E-state index in [1.54, 1.807) is 18.2 Å². The maximum absolute atomic E-state index is 11.6. The highest BCUT2D eigenvalue weighted by atomic mass is 16.2. The maximum Gasteiger partial charge on any atom is 0.316 e. The van der Waals surface area contributed by atoms with Gasteiger partial charge in [0.15, 0.2) is 0 Å². The van der Waals surface area contributed by atoms with Crippen molar-refractivity contribution in [2.75, 3.05) is 0 Å². The molecular weight excluding hydrogens is 222 g/mol. The minimum absolute atomic E-state index is 0.390. The van der Waals surface area contributed by atoms with Crippen LogP contribution in [0.15, 0.2) is 32.8 Å². The summed E-state index contributed by atoms with van der Waals surface area (Å²) in [5.74, 6) is 0. The second kappa shape index (κ2) is 3.84. The lowest BCUT2D eigenvalue weighted by atomic mass is 10.2. The lowest BCUT2D eigenvalue weighted by Crippen LogP contribution is -2.39. The highest BCUT2D eigenvalue weighted by molar-refractivity contribution is 5.79. The van der Waals surface area contributed by atoms with Crippen molar-refractivity contribution in [3.8, 4) is 0 Å². The molecule has 0 atom stereocenters. The van der Waals surface area contributed by atoms with E-state index in [0.717, 1.165) is 0 Å². The molecule has 2 aromatic rings. The number of carbonyl (C=O) groups excluding carboxylic acids is 1. The summed E-state index contributed by atoms with van der Waals surface area (Å²) in [6, 6.07) is 4.77. The third-order valence-corrected chi connectivity index (χ3v) is 2.65. The number of rotatable bonds is 1. The molecule has 2 rings (SSSR count). The summed E-state index contributed by atoms with van der Waals surface area (Å²) >= 11 is 0. The van der Waals surface area contributed by atoms with E-state index in [4.69, 9.17) is 0 Å². The first-order valence-electron chi connectivity index (χ1n) is 4.84. The lowest BCUT2D eigenvalue weighted by molar-refractivity contribution is 0.565. The normalized spacial score (nSPS) is 10.2. The highest BCUT2D eigenvalue weighted by Gasteiger charge is 2.08. The quantitative estimate of drug-likeness (QED) is 0.400. The topological polar surface area (TPSA) is 73.4 Å². The van der Waals surface area contributed by atoms with Crippen molar-refractivity contribution >= 4 is 22.8 Å². The Morgan fingerprint density at radius 1 is 1.06 bits per heavy atom. The second-order valence-corrected chi connectivity index (χ2v) is 3.60. The first kappa shape index (κ1) is 11.0. The van der Waals surface area contributed by atoms with Crippen molar-refractivity contribution in [2.45, 2.75) is 0 Å². The van der Waals surface area contributed by atoms with E-state index in [0.29, 0.717) is 16.7 Å². The third kappa shape index (κ3) is 1.60. The average Bonchev–Trinajstić information content (AvgIpc) is 2.34. The number of aromatic nitrogens is 2. The van der Waals surface area contributed by atoms with Gasteiger partial charge in [0.2, 0.25) is 6.08 Å². The van der Waals surface area contributed by atoms with Gasteiger partial charge in [-0.15, -0.1) is 0 Å². The first-order chi connectivity index (χ1) is 8.06. The van der Waals surface area contributed by atoms with Gasteiger partial charge < -0.3 is 9.13 Å². The molecule has 6 heteroatoms. The van der Waals surface area contributed by atoms with Crippen LogP contribution in [0.5, 0.6) is 0 Å². The molecule has 1 aromatic heterocycles. The Hall–Kier alpha value is -2.46. The monoisotopic (exact) mass is 231 g/mol. The Morgan fingerprint density at radius 2 is 1.65 bits per heavy atom. The molecule has 0 radical (unpaired) electrons. The summed E-state index contributed by atoms with van der Waals surface area (Å²) in [6.07, 6.45) is 1.43. The molecule has 6 nitrogen and oxygen atoms in total. The molecule has 1 aromatic carbocycles. The summed E-state index contributed by atoms with van der Waals surface area (Å²) in [5.41, 5.74) is 0.315. The zero-order chi connectivity index (χ0) is 12.6. The van der Waals surface area contributed by atoms with Gasteiger partial charge in [0.05, 0.1) is 16.7 Å². The van der Waals surface area contributed by atoms with Gasteiger partial charge in [0.1, 0.15) is 0 Å². The number of hydrogen-bond acceptors (Lipinski definition) is 4. The molecule has 0 unspecified atom stereocenters. The molecule has 0 amide bonds. The predicted octanol–water partition coefficient (Wildman–Crippen LogP) is 0.204. The van der Waals surface area contributed by atoms with Crippen molar-refractivity contribution in [3.05, 3.63) is 38.9 Å². The van der Waals surface area contributed by atoms with Gasteiger partial charge in [-0.25, -0.2) is 4.79 Å². The predicted molar refractivity (Wildman–Crippen MR) is 62.2 cm³/mol. The minimum Gasteiger partial charge on any atom is -0.305 e. The molecule has 0 bridgehead atoms. The smallest absolute Gasteiger partial charge is 0.305 e. The fourth-order valence-corrected chi connectivity index (χ4v) is 1.69. The molecule has 86 valence electrons. The van der Waals surface area contributed by atoms with E-state index in [2.05, 4.69) is 4.99 Å². The SMILES string of the molecule is Cn1c(=O)c(=O)n(C)c2cc(N=C=O)ccc21. The van der Waals surface area contributed by atoms with E-state index in [1.165, 1.54) is 29.3 Å². The fourth-order valence-electron chi connectivity index (χ4n) is 1.69. The van der Waals surface area contributed by atoms with Crippen LogP contribution in [0.2, 0.25) is 0 Å². The number of aliphatic imine (C=N–C) groups is 1. The molecule has 0 fully saturated rings. The van der Waals surface area contributed by atoms with Crippen LogP contribution in [0.3, 0.4) is 0 Å². The number of fused-ring (bicyclic) bond motifs is 1. The zero-order valence-electron chi connectivity index (χ0n) is 9.30. The summed E-state index contributed by atoms with van der Waals surface area (Å²) in [7, 11) is 3.02. The standard InChI is InChI=1S/C11H9N3O3/c1-13-8-4-3-7(12-6-15)5-9(8)14(2)11(17)10(13)16/h3-5H,1-2H3. The largest absolute Gasteiger partial charge is 0.316 e. The Kier molecular flexibility index (Phi) is 2.49. The van der Waals surface area contributed by atoms with Gasteiger partial charge in [-0.05, 0) is 18.2 Å². The van der Waals surface area contributed by atoms with E-state index in [-0.39, 0.29) is 0 Å². The Balaban J connectivity index is 3.02. The maximum atomic E-state index is 11.6. The number of benzene rings is 1. The van der Waals surface area contributed by atoms with Crippen LogP contribution in [0.4, 0.5) is 5.69 Å². The molecule has 17 heavy (non-hydrogen) atoms. The van der Waals surface area contributed by atoms with Crippen molar-refractivity contribution < 1.29 is 4.79 Å². The van der Waals surface area contributed by atoms with E-state index in [1.807, 2.05) is 0 Å². The summed E-state index contributed by atoms with van der Waals surface area (Å²) < 4.78 is 2.51. The molecule has 0 aliphatic carbocycles. The van der Waals surface area contributed by atoms with Crippen molar-refractivity contribution in [1.82, 2.24) is 9.13 Å². The first-order valence-corrected chi connectivity index (χ1v) is 4.84. The van der Waals surface area contributed by atoms with E-state index in [9.17, 15) is 14.4 Å². The van der Waals surface area contributed by atoms with E-state index < -0.39 is 11.1 Å². The van der Waals surface area contributed by atoms with Crippen molar-refractivity contribution in [2.24, 2.45) is 19.1 Å². The van der Waals surface area contributed by atoms with Gasteiger partial charge in [-0.3, -0.25) is 9.59 Å². The average molecular weight is 231 g/mol. The fraction of sp³-hybridized carbons (Fsp3) is 0.182. The van der Waals surface area contributed by atoms with Crippen LogP contribution in [0, 0.1) is 0 Å². The Morgan fingerprint density at radius 3 is 2.24 bits per heavy atom. The lowest BCUT2D eigenvalue weighted by Gasteiger charge is -2.08. The van der Waals surface area contributed by atoms with Gasteiger partial charge in [0, 0.05) is 14.1 Å². The van der Waals surface area contributed by atoms with Crippen molar-refractivity contribution in [3.63, 3.8) is 0 Å². The van der Waals surface area contributed by atoms with Crippen molar-refractivity contribution in [1.29, 1.82) is 0 Å². The van der Waals surface area contributed by atoms with Gasteiger partial charge >= 0.3 is 11.1 Å². The van der Waals surface area contributed by atoms with Crippen LogP contribution in [-0.2, 0) is 18.9 Å². The molecule has 1 heterocycles. The summed E-state index contributed by atoms with van der Waals surface area (Å²) in [6.45, 7) is 0. The Bertz CT molecular complexity index is 764. The van der Waals surface area contributed by atoms with Crippen LogP contribution >= 0.6 is 0 Å². The number of aryl methyl sites for hydroxylation is 2. The molecule has 0 saturated heterocycles. The zero-order valence-corrected chi connectivity index (χ0v) is 9.30. The van der Waals surface area contributed by atoms with Crippen LogP contribution in [-0.4, -0.2) is 15.2 Å². The van der Waals surface area contributed by atoms with Gasteiger partial charge in [-0.1, -0.05) is 0 Å². The van der Waals surface area contributed by atoms with Crippen LogP contribution < -0.4 is 11.1 Å². The number of nitrogens with zero attached hydrogens (tertiary/aromatic N) is 3. The molecule has 0 saturated carbocycles. The Labute approximate surface area is 95.4 Å². The molecule has 0 N–H and O–H groups in total. The molecule has 0 spiro atoms. The highest BCUT2D eigenvalue weighted by Crippen LogP contribution is 2.18. The van der Waals surface area contributed by atoms with Crippen LogP contribution in [0.1, 0.15) is 0 Å². The van der Waals surface area contributed by atoms with Gasteiger partial charge in [-0.2, -0.15) is 4.99 Å². The number of isocyanates is 1. The second-order valence-electron chi connectivity index (χ2n) is 3.60. The number of hydrogen-bond donors (Lipinski definition) is 0. The minimum atomic E-state index is -0.618. The summed E-state index contributed by atoms with van der Waals surface area (Å²) in [4.78, 5) is 36.8. The van der Waals surface area contributed by atoms with Gasteiger partial charge in [0.25, 0.3) is 0 Å². The molecular formula is C11H9N3O3.